The van der Waals surface area contributed by atoms with Gasteiger partial charge in [-0.2, -0.15) is 12.6 Å². The fourth-order valence-electron chi connectivity index (χ4n) is 5.76. The van der Waals surface area contributed by atoms with Crippen LogP contribution in [-0.4, -0.2) is 148 Å². The van der Waals surface area contributed by atoms with E-state index in [0.717, 1.165) is 0 Å². The first-order valence-electron chi connectivity index (χ1n) is 18.9. The number of rotatable bonds is 26. The number of thiol groups is 1. The van der Waals surface area contributed by atoms with E-state index in [-0.39, 0.29) is 56.9 Å². The lowest BCUT2D eigenvalue weighted by atomic mass is 9.97. The largest absolute Gasteiger partial charge is 0.481 e. The number of nitrogens with zero attached hydrogens (tertiary/aromatic N) is 2. The quantitative estimate of drug-likeness (QED) is 0.0167. The van der Waals surface area contributed by atoms with Gasteiger partial charge in [-0.15, -0.1) is 0 Å². The molecule has 0 aromatic rings. The molecule has 59 heavy (non-hydrogen) atoms. The monoisotopic (exact) mass is 858 g/mol. The lowest BCUT2D eigenvalue weighted by Crippen LogP contribution is -2.60. The Hall–Kier alpha value is -5.72. The Morgan fingerprint density at radius 2 is 1.39 bits per heavy atom. The number of nitrogens with two attached hydrogens (primary N) is 4. The number of nitrogens with one attached hydrogen (secondary N) is 6. The summed E-state index contributed by atoms with van der Waals surface area (Å²) < 4.78 is 0. The molecule has 332 valence electrons. The number of hydrogen-bond donors (Lipinski definition) is 13. The van der Waals surface area contributed by atoms with Crippen LogP contribution in [0, 0.1) is 5.92 Å². The summed E-state index contributed by atoms with van der Waals surface area (Å²) in [6.45, 7) is 4.16. The summed E-state index contributed by atoms with van der Waals surface area (Å²) in [6.07, 6.45) is -0.147. The molecule has 0 radical (unpaired) electrons. The normalized spacial score (nSPS) is 17.0. The number of carboxylic acid groups (broad SMARTS) is 2. The second kappa shape index (κ2) is 25.6. The zero-order chi connectivity index (χ0) is 45.0. The van der Waals surface area contributed by atoms with Crippen molar-refractivity contribution in [3.8, 4) is 0 Å². The molecule has 16 N–H and O–H groups in total. The number of carbonyl (C=O) groups excluding carboxylic acids is 8. The predicted molar refractivity (Wildman–Crippen MR) is 213 cm³/mol. The van der Waals surface area contributed by atoms with Gasteiger partial charge < -0.3 is 69.9 Å². The van der Waals surface area contributed by atoms with E-state index in [4.69, 9.17) is 33.1 Å². The van der Waals surface area contributed by atoms with Gasteiger partial charge in [0.25, 0.3) is 0 Å². The standard InChI is InChI=1S/C34H58N12O12S/c1-4-16(2)26(45-31(56)22-8-6-12-46(22)33(58)18(35)13-24(48)49)32(57)43-20(9-10-23(36)47)29(54)41-17(3)27(52)44-21(15-59)30(55)42-19(7-5-11-39-34(37)38)28(53)40-14-25(50)51/h16-22,26,59H,4-15,35H2,1-3H3,(H2,36,47)(H,40,53)(H,41,54)(H,42,55)(H,43,57)(H,44,52)(H,45,56)(H,48,49)(H,50,51)(H4,37,38,39)/t16-,17-,18-,19-,20-,21-,22-,26-/m0/s1. The molecule has 0 aliphatic carbocycles. The van der Waals surface area contributed by atoms with Crippen LogP contribution in [0.3, 0.4) is 0 Å². The molecule has 0 aromatic heterocycles. The van der Waals surface area contributed by atoms with Gasteiger partial charge in [0.05, 0.1) is 12.5 Å². The Morgan fingerprint density at radius 3 is 1.95 bits per heavy atom. The van der Waals surface area contributed by atoms with Gasteiger partial charge in [-0.05, 0) is 44.9 Å². The van der Waals surface area contributed by atoms with Crippen LogP contribution in [0.5, 0.6) is 0 Å². The summed E-state index contributed by atoms with van der Waals surface area (Å²) in [5.74, 6) is -10.2. The highest BCUT2D eigenvalue weighted by Gasteiger charge is 2.39. The average Bonchev–Trinajstić information content (AvgIpc) is 3.66. The molecule has 24 nitrogen and oxygen atoms in total. The van der Waals surface area contributed by atoms with Crippen LogP contribution < -0.4 is 54.8 Å². The molecule has 25 heteroatoms. The summed E-state index contributed by atoms with van der Waals surface area (Å²) in [4.78, 5) is 131. The minimum absolute atomic E-state index is 0.0182. The fourth-order valence-corrected chi connectivity index (χ4v) is 6.02. The maximum absolute atomic E-state index is 13.7. The highest BCUT2D eigenvalue weighted by Crippen LogP contribution is 2.20. The van der Waals surface area contributed by atoms with Gasteiger partial charge >= 0.3 is 11.9 Å². The van der Waals surface area contributed by atoms with Gasteiger partial charge in [0.2, 0.25) is 47.3 Å². The molecule has 8 atom stereocenters. The molecule has 0 saturated carbocycles. The lowest BCUT2D eigenvalue weighted by Gasteiger charge is -2.30. The third-order valence-electron chi connectivity index (χ3n) is 9.22. The molecule has 1 fully saturated rings. The zero-order valence-electron chi connectivity index (χ0n) is 33.2. The molecule has 0 unspecified atom stereocenters. The number of primary amides is 1. The summed E-state index contributed by atoms with van der Waals surface area (Å²) in [5.41, 5.74) is 21.7. The van der Waals surface area contributed by atoms with Crippen LogP contribution in [0.2, 0.25) is 0 Å². The average molecular weight is 859 g/mol. The number of amides is 8. The molecular weight excluding hydrogens is 801 g/mol. The van der Waals surface area contributed by atoms with E-state index in [9.17, 15) is 47.9 Å². The number of likely N-dealkylation sites (tertiary alicyclic amines) is 1. The van der Waals surface area contributed by atoms with Crippen LogP contribution in [-0.2, 0) is 47.9 Å². The van der Waals surface area contributed by atoms with E-state index >= 15 is 0 Å². The number of hydrogen-bond acceptors (Lipinski definition) is 13. The number of carboxylic acids is 2. The van der Waals surface area contributed by atoms with E-state index in [1.807, 2.05) is 0 Å². The Kier molecular flexibility index (Phi) is 22.3. The molecule has 8 amide bonds. The lowest BCUT2D eigenvalue weighted by molar-refractivity contribution is -0.144. The van der Waals surface area contributed by atoms with E-state index in [1.165, 1.54) is 11.8 Å². The fraction of sp³-hybridized carbons (Fsp3) is 0.676. The number of carbonyl (C=O) groups is 10. The molecule has 0 spiro atoms. The van der Waals surface area contributed by atoms with Gasteiger partial charge in [-0.1, -0.05) is 20.3 Å². The first kappa shape index (κ1) is 51.3. The summed E-state index contributed by atoms with van der Waals surface area (Å²) >= 11 is 4.11. The Labute approximate surface area is 345 Å². The number of aliphatic imine (C=N–C) groups is 1. The van der Waals surface area contributed by atoms with Gasteiger partial charge in [0, 0.05) is 25.3 Å². The zero-order valence-corrected chi connectivity index (χ0v) is 34.1. The van der Waals surface area contributed by atoms with Gasteiger partial charge in [-0.25, -0.2) is 0 Å². The van der Waals surface area contributed by atoms with Crippen molar-refractivity contribution in [3.05, 3.63) is 0 Å². The SMILES string of the molecule is CC[C@H](C)[C@H](NC(=O)[C@@H]1CCCN1C(=O)[C@@H](N)CC(=O)O)C(=O)N[C@@H](CCC(N)=O)C(=O)N[C@@H](C)C(=O)N[C@@H](CS)C(=O)N[C@@H](CCCN=C(N)N)C(=O)NCC(=O)O. The minimum atomic E-state index is -1.46. The van der Waals surface area contributed by atoms with Crippen molar-refractivity contribution in [2.45, 2.75) is 114 Å². The highest BCUT2D eigenvalue weighted by atomic mass is 32.1. The number of aliphatic carboxylic acids is 2. The summed E-state index contributed by atoms with van der Waals surface area (Å²) in [6, 6.07) is -9.12. The van der Waals surface area contributed by atoms with Crippen molar-refractivity contribution in [2.24, 2.45) is 33.8 Å². The topological polar surface area (TPSA) is 403 Å². The molecule has 0 aromatic carbocycles. The van der Waals surface area contributed by atoms with Crippen molar-refractivity contribution in [3.63, 3.8) is 0 Å². The van der Waals surface area contributed by atoms with Crippen LogP contribution in [0.4, 0.5) is 0 Å². The highest BCUT2D eigenvalue weighted by molar-refractivity contribution is 7.80. The van der Waals surface area contributed by atoms with Crippen molar-refractivity contribution in [1.29, 1.82) is 0 Å². The van der Waals surface area contributed by atoms with Crippen molar-refractivity contribution in [2.75, 3.05) is 25.4 Å². The second-order valence-corrected chi connectivity index (χ2v) is 14.3. The van der Waals surface area contributed by atoms with Crippen molar-refractivity contribution < 1.29 is 58.2 Å². The van der Waals surface area contributed by atoms with Gasteiger partial charge in [-0.3, -0.25) is 52.9 Å². The molecule has 1 heterocycles. The molecule has 1 aliphatic heterocycles. The van der Waals surface area contributed by atoms with E-state index in [0.29, 0.717) is 12.8 Å². The Morgan fingerprint density at radius 1 is 0.797 bits per heavy atom. The molecule has 1 aliphatic rings. The molecular formula is C34H58N12O12S. The van der Waals surface area contributed by atoms with Crippen molar-refractivity contribution in [1.82, 2.24) is 36.8 Å². The summed E-state index contributed by atoms with van der Waals surface area (Å²) in [7, 11) is 0. The van der Waals surface area contributed by atoms with Crippen LogP contribution in [0.1, 0.15) is 72.1 Å². The van der Waals surface area contributed by atoms with Crippen LogP contribution >= 0.6 is 12.6 Å². The molecule has 0 bridgehead atoms. The smallest absolute Gasteiger partial charge is 0.322 e. The maximum Gasteiger partial charge on any atom is 0.322 e. The Balaban J connectivity index is 3.11. The van der Waals surface area contributed by atoms with Gasteiger partial charge in [0.15, 0.2) is 5.96 Å². The van der Waals surface area contributed by atoms with Crippen LogP contribution in [0.15, 0.2) is 4.99 Å². The summed E-state index contributed by atoms with van der Waals surface area (Å²) in [5, 5.41) is 32.5. The third-order valence-corrected chi connectivity index (χ3v) is 9.58. The number of guanidine groups is 1. The first-order chi connectivity index (χ1) is 27.6. The van der Waals surface area contributed by atoms with Crippen molar-refractivity contribution >= 4 is 77.8 Å². The van der Waals surface area contributed by atoms with E-state index < -0.39 is 120 Å². The van der Waals surface area contributed by atoms with Crippen LogP contribution in [0.25, 0.3) is 0 Å². The second-order valence-electron chi connectivity index (χ2n) is 13.9. The Bertz CT molecular complexity index is 1580. The first-order valence-corrected chi connectivity index (χ1v) is 19.5. The minimum Gasteiger partial charge on any atom is -0.481 e. The van der Waals surface area contributed by atoms with Gasteiger partial charge in [0.1, 0.15) is 42.8 Å². The maximum atomic E-state index is 13.7. The van der Waals surface area contributed by atoms with E-state index in [1.54, 1.807) is 13.8 Å². The third kappa shape index (κ3) is 18.2. The molecule has 1 rings (SSSR count). The molecule has 1 saturated heterocycles. The van der Waals surface area contributed by atoms with E-state index in [2.05, 4.69) is 49.5 Å². The predicted octanol–water partition coefficient (Wildman–Crippen LogP) is -5.28.